The Morgan fingerprint density at radius 2 is 1.59 bits per heavy atom. The molecule has 0 amide bonds. The number of aliphatic carboxylic acids is 1. The van der Waals surface area contributed by atoms with Crippen molar-refractivity contribution in [3.05, 3.63) is 11.6 Å². The molecule has 3 saturated heterocycles. The zero-order chi connectivity index (χ0) is 35.3. The third-order valence-corrected chi connectivity index (χ3v) is 16.9. The van der Waals surface area contributed by atoms with Crippen LogP contribution in [-0.4, -0.2) is 121 Å². The van der Waals surface area contributed by atoms with Crippen LogP contribution in [0.15, 0.2) is 11.6 Å². The van der Waals surface area contributed by atoms with Crippen LogP contribution in [0.5, 0.6) is 0 Å². The molecule has 4 saturated carbocycles. The fourth-order valence-corrected chi connectivity index (χ4v) is 14.3. The largest absolute Gasteiger partial charge is 0.481 e. The molecule has 5 aliphatic carbocycles. The Morgan fingerprint density at radius 3 is 2.25 bits per heavy atom. The third kappa shape index (κ3) is 6.51. The number of piperazine rings is 1. The number of hydrogen-bond acceptors (Lipinski definition) is 6. The molecule has 4 unspecified atom stereocenters. The van der Waals surface area contributed by atoms with Crippen LogP contribution in [0.2, 0.25) is 0 Å². The highest BCUT2D eigenvalue weighted by Crippen LogP contribution is 2.80. The first-order valence-electron chi connectivity index (χ1n) is 22.2. The zero-order valence-corrected chi connectivity index (χ0v) is 33.1. The van der Waals surface area contributed by atoms with Crippen LogP contribution in [0.25, 0.3) is 0 Å². The molecule has 8 aliphatic rings. The molecule has 51 heavy (non-hydrogen) atoms. The molecule has 288 valence electrons. The summed E-state index contributed by atoms with van der Waals surface area (Å²) in [5, 5.41) is 11.6. The molecular weight excluding hydrogens is 633 g/mol. The van der Waals surface area contributed by atoms with Crippen LogP contribution in [0.4, 0.5) is 0 Å². The molecule has 0 aromatic rings. The summed E-state index contributed by atoms with van der Waals surface area (Å²) in [6.07, 6.45) is 19.6. The van der Waals surface area contributed by atoms with Gasteiger partial charge in [0, 0.05) is 64.3 Å². The number of nitrogens with zero attached hydrogens (tertiary/aromatic N) is 4. The highest BCUT2D eigenvalue weighted by molar-refractivity contribution is 5.84. The van der Waals surface area contributed by atoms with Crippen molar-refractivity contribution >= 4 is 5.97 Å². The van der Waals surface area contributed by atoms with Gasteiger partial charge >= 0.3 is 5.97 Å². The van der Waals surface area contributed by atoms with Crippen molar-refractivity contribution in [3.63, 3.8) is 0 Å². The molecule has 7 heteroatoms. The fourth-order valence-electron chi connectivity index (χ4n) is 14.3. The van der Waals surface area contributed by atoms with Gasteiger partial charge in [0.15, 0.2) is 0 Å². The lowest BCUT2D eigenvalue weighted by molar-refractivity contribution is -0.182. The minimum absolute atomic E-state index is 0.0676. The fraction of sp³-hybridized carbons (Fsp3) is 0.932. The first-order chi connectivity index (χ1) is 24.7. The maximum atomic E-state index is 14.1. The summed E-state index contributed by atoms with van der Waals surface area (Å²) < 4.78 is 7.57. The molecule has 1 N–H and O–H groups in total. The van der Waals surface area contributed by atoms with E-state index in [1.54, 1.807) is 0 Å². The van der Waals surface area contributed by atoms with Gasteiger partial charge < -0.3 is 14.7 Å². The van der Waals surface area contributed by atoms with E-state index < -0.39 is 11.4 Å². The van der Waals surface area contributed by atoms with E-state index >= 15 is 0 Å². The zero-order valence-electron chi connectivity index (χ0n) is 33.1. The predicted molar refractivity (Wildman–Crippen MR) is 206 cm³/mol. The van der Waals surface area contributed by atoms with Gasteiger partial charge in [-0.2, -0.15) is 0 Å². The number of carbonyl (C=O) groups is 1. The number of allylic oxidation sites excluding steroid dienone is 1. The number of fused-ring (bicyclic) bond motifs is 2. The van der Waals surface area contributed by atoms with Crippen LogP contribution in [0.1, 0.15) is 111 Å². The summed E-state index contributed by atoms with van der Waals surface area (Å²) >= 11 is 0. The summed E-state index contributed by atoms with van der Waals surface area (Å²) in [6, 6.07) is 0. The predicted octanol–water partition coefficient (Wildman–Crippen LogP) is 7.12. The average molecular weight is 707 g/mol. The SMILES string of the molecule is CCN(CCN1CCN(CCN2CCCCC2)CC1)C[C@H]1O[C@@H](C23C[C@@H]4[C@H](C)CC[C@H]4C4CC2C=C(C(C)C)C43C(=O)O)C[C@H]1CC1CCCC1. The van der Waals surface area contributed by atoms with Crippen molar-refractivity contribution in [2.75, 3.05) is 78.5 Å². The summed E-state index contributed by atoms with van der Waals surface area (Å²) in [6.45, 7) is 23.6. The number of likely N-dealkylation sites (tertiary alicyclic amines) is 1. The number of likely N-dealkylation sites (N-methyl/N-ethyl adjacent to an activating group) is 1. The number of rotatable bonds is 14. The molecule has 7 nitrogen and oxygen atoms in total. The Hall–Kier alpha value is -0.990. The molecule has 0 aromatic carbocycles. The Bertz CT molecular complexity index is 1240. The standard InChI is InChI=1S/C44H74N4O3/c1-5-45(17-18-47-21-23-48(24-22-47)20-19-46-15-9-6-10-16-46)30-40-34(25-33-11-7-8-12-33)26-41(51-40)43-29-37-32(4)13-14-36(37)39-28-35(43)27-38(31(2)3)44(39,43)42(49)50/h27,31-37,39-41H,5-26,28-30H2,1-4H3,(H,49,50)/t32-,34-,35?,36-,37-,39?,40-,41-,43?,44?/m1/s1. The highest BCUT2D eigenvalue weighted by atomic mass is 16.5. The van der Waals surface area contributed by atoms with Gasteiger partial charge in [0.2, 0.25) is 0 Å². The monoisotopic (exact) mass is 707 g/mol. The molecule has 7 fully saturated rings. The first kappa shape index (κ1) is 37.0. The first-order valence-corrected chi connectivity index (χ1v) is 22.2. The second-order valence-electron chi connectivity index (χ2n) is 19.5. The lowest BCUT2D eigenvalue weighted by Crippen LogP contribution is -2.60. The van der Waals surface area contributed by atoms with Gasteiger partial charge in [-0.1, -0.05) is 77.9 Å². The quantitative estimate of drug-likeness (QED) is 0.193. The van der Waals surface area contributed by atoms with Gasteiger partial charge in [0.05, 0.1) is 12.2 Å². The van der Waals surface area contributed by atoms with Gasteiger partial charge in [-0.05, 0) is 112 Å². The van der Waals surface area contributed by atoms with Crippen molar-refractivity contribution < 1.29 is 14.6 Å². The summed E-state index contributed by atoms with van der Waals surface area (Å²) in [7, 11) is 0. The van der Waals surface area contributed by atoms with Crippen LogP contribution in [-0.2, 0) is 9.53 Å². The Morgan fingerprint density at radius 1 is 0.902 bits per heavy atom. The highest BCUT2D eigenvalue weighted by Gasteiger charge is 2.80. The summed E-state index contributed by atoms with van der Waals surface area (Å²) in [5.41, 5.74) is 0.279. The third-order valence-electron chi connectivity index (χ3n) is 16.9. The molecule has 4 bridgehead atoms. The summed E-state index contributed by atoms with van der Waals surface area (Å²) in [4.78, 5) is 24.8. The maximum Gasteiger partial charge on any atom is 0.314 e. The molecule has 0 radical (unpaired) electrons. The van der Waals surface area contributed by atoms with E-state index in [2.05, 4.69) is 53.4 Å². The van der Waals surface area contributed by atoms with Crippen LogP contribution in [0, 0.1) is 58.2 Å². The smallest absolute Gasteiger partial charge is 0.314 e. The molecule has 3 heterocycles. The van der Waals surface area contributed by atoms with Crippen LogP contribution in [0.3, 0.4) is 0 Å². The van der Waals surface area contributed by atoms with Gasteiger partial charge in [-0.3, -0.25) is 19.5 Å². The van der Waals surface area contributed by atoms with E-state index in [1.807, 2.05) is 0 Å². The Labute approximate surface area is 311 Å². The van der Waals surface area contributed by atoms with E-state index in [0.717, 1.165) is 51.4 Å². The van der Waals surface area contributed by atoms with Crippen molar-refractivity contribution in [2.45, 2.75) is 123 Å². The molecule has 0 aromatic heterocycles. The lowest BCUT2D eigenvalue weighted by atomic mass is 9.46. The van der Waals surface area contributed by atoms with Crippen molar-refractivity contribution in [3.8, 4) is 0 Å². The molecule has 8 rings (SSSR count). The normalized spacial score (nSPS) is 42.0. The van der Waals surface area contributed by atoms with E-state index in [1.165, 1.54) is 122 Å². The van der Waals surface area contributed by atoms with Crippen LogP contribution < -0.4 is 0 Å². The van der Waals surface area contributed by atoms with Gasteiger partial charge in [-0.25, -0.2) is 0 Å². The van der Waals surface area contributed by atoms with Gasteiger partial charge in [-0.15, -0.1) is 0 Å². The minimum Gasteiger partial charge on any atom is -0.481 e. The Balaban J connectivity index is 0.959. The lowest BCUT2D eigenvalue weighted by Gasteiger charge is -2.56. The molecular formula is C44H74N4O3. The van der Waals surface area contributed by atoms with E-state index in [4.69, 9.17) is 4.74 Å². The number of carboxylic acid groups (broad SMARTS) is 1. The average Bonchev–Trinajstić information content (AvgIpc) is 3.96. The van der Waals surface area contributed by atoms with Gasteiger partial charge in [0.1, 0.15) is 5.41 Å². The van der Waals surface area contributed by atoms with Crippen molar-refractivity contribution in [1.29, 1.82) is 0 Å². The molecule has 10 atom stereocenters. The number of carboxylic acids is 1. The number of hydrogen-bond donors (Lipinski definition) is 1. The summed E-state index contributed by atoms with van der Waals surface area (Å²) in [5.74, 6) is 3.77. The second kappa shape index (κ2) is 15.3. The topological polar surface area (TPSA) is 59.5 Å². The van der Waals surface area contributed by atoms with E-state index in [0.29, 0.717) is 35.5 Å². The van der Waals surface area contributed by atoms with E-state index in [-0.39, 0.29) is 23.5 Å². The number of piperidine rings is 1. The van der Waals surface area contributed by atoms with Gasteiger partial charge in [0.25, 0.3) is 0 Å². The molecule has 0 spiro atoms. The van der Waals surface area contributed by atoms with Crippen LogP contribution >= 0.6 is 0 Å². The number of ether oxygens (including phenoxy) is 1. The van der Waals surface area contributed by atoms with Crippen molar-refractivity contribution in [2.24, 2.45) is 58.2 Å². The van der Waals surface area contributed by atoms with E-state index in [9.17, 15) is 9.90 Å². The van der Waals surface area contributed by atoms with Crippen molar-refractivity contribution in [1.82, 2.24) is 19.6 Å². The second-order valence-corrected chi connectivity index (χ2v) is 19.5. The Kier molecular flexibility index (Phi) is 11.1. The minimum atomic E-state index is -0.727. The maximum absolute atomic E-state index is 14.1. The molecule has 3 aliphatic heterocycles.